The molecule has 0 aliphatic rings. The molecule has 1 unspecified atom stereocenters. The number of aromatic nitrogens is 2. The van der Waals surface area contributed by atoms with E-state index in [-0.39, 0.29) is 11.8 Å². The Kier molecular flexibility index (Phi) is 4.95. The summed E-state index contributed by atoms with van der Waals surface area (Å²) in [5.41, 5.74) is 2.93. The molecule has 2 heterocycles. The second-order valence-electron chi connectivity index (χ2n) is 5.18. The molecule has 0 saturated carbocycles. The summed E-state index contributed by atoms with van der Waals surface area (Å²) < 4.78 is 5.87. The minimum absolute atomic E-state index is 0.00182. The molecule has 21 heavy (non-hydrogen) atoms. The molecule has 0 fully saturated rings. The van der Waals surface area contributed by atoms with E-state index in [1.54, 1.807) is 0 Å². The number of nitrogens with one attached hydrogen (secondary N) is 2. The van der Waals surface area contributed by atoms with Crippen LogP contribution in [0.5, 0.6) is 0 Å². The maximum atomic E-state index is 12.0. The third-order valence-corrected chi connectivity index (χ3v) is 4.77. The number of nitrogens with zero attached hydrogens (tertiary/aromatic N) is 1. The van der Waals surface area contributed by atoms with Crippen molar-refractivity contribution in [2.24, 2.45) is 0 Å². The molecule has 2 rings (SSSR count). The standard InChI is InChI=1S/C14H19N3O2S2/c1-7(13-9(3)17-19-10(13)4)6-15-12(18)5-11-8(2)16-14(20)21-11/h7H,5-6H2,1-4H3,(H,15,18)(H,16,20). The zero-order chi connectivity index (χ0) is 15.6. The van der Waals surface area contributed by atoms with Crippen LogP contribution in [-0.4, -0.2) is 22.6 Å². The molecular weight excluding hydrogens is 306 g/mol. The van der Waals surface area contributed by atoms with E-state index < -0.39 is 0 Å². The predicted molar refractivity (Wildman–Crippen MR) is 85.3 cm³/mol. The van der Waals surface area contributed by atoms with Gasteiger partial charge in [-0.25, -0.2) is 0 Å². The number of carbonyl (C=O) groups is 1. The third-order valence-electron chi connectivity index (χ3n) is 3.43. The van der Waals surface area contributed by atoms with Crippen LogP contribution in [0.15, 0.2) is 4.52 Å². The highest BCUT2D eigenvalue weighted by molar-refractivity contribution is 7.73. The molecule has 0 bridgehead atoms. The van der Waals surface area contributed by atoms with Gasteiger partial charge in [0.05, 0.1) is 12.1 Å². The van der Waals surface area contributed by atoms with Crippen molar-refractivity contribution >= 4 is 29.5 Å². The first-order valence-corrected chi connectivity index (χ1v) is 7.99. The molecule has 0 spiro atoms. The van der Waals surface area contributed by atoms with Crippen molar-refractivity contribution < 1.29 is 9.32 Å². The lowest BCUT2D eigenvalue weighted by molar-refractivity contribution is -0.120. The van der Waals surface area contributed by atoms with Crippen LogP contribution in [-0.2, 0) is 11.2 Å². The van der Waals surface area contributed by atoms with E-state index in [1.165, 1.54) is 11.3 Å². The monoisotopic (exact) mass is 325 g/mol. The van der Waals surface area contributed by atoms with E-state index in [4.69, 9.17) is 16.7 Å². The van der Waals surface area contributed by atoms with E-state index in [0.29, 0.717) is 16.9 Å². The number of carbonyl (C=O) groups excluding carboxylic acids is 1. The predicted octanol–water partition coefficient (Wildman–Crippen LogP) is 3.18. The minimum Gasteiger partial charge on any atom is -0.361 e. The van der Waals surface area contributed by atoms with E-state index >= 15 is 0 Å². The number of amides is 1. The maximum Gasteiger partial charge on any atom is 0.225 e. The zero-order valence-electron chi connectivity index (χ0n) is 12.6. The lowest BCUT2D eigenvalue weighted by atomic mass is 9.99. The first-order chi connectivity index (χ1) is 9.88. The molecule has 1 atom stereocenters. The molecule has 2 aromatic rings. The van der Waals surface area contributed by atoms with Gasteiger partial charge >= 0.3 is 0 Å². The van der Waals surface area contributed by atoms with Crippen molar-refractivity contribution in [1.29, 1.82) is 0 Å². The maximum absolute atomic E-state index is 12.0. The number of H-pyrrole nitrogens is 1. The number of aromatic amines is 1. The lowest BCUT2D eigenvalue weighted by Gasteiger charge is -2.12. The normalized spacial score (nSPS) is 12.4. The Bertz CT molecular complexity index is 680. The van der Waals surface area contributed by atoms with Gasteiger partial charge in [0.25, 0.3) is 0 Å². The summed E-state index contributed by atoms with van der Waals surface area (Å²) >= 11 is 6.53. The van der Waals surface area contributed by atoms with Gasteiger partial charge in [-0.15, -0.1) is 11.3 Å². The van der Waals surface area contributed by atoms with Crippen LogP contribution in [0.1, 0.15) is 40.4 Å². The van der Waals surface area contributed by atoms with Crippen molar-refractivity contribution in [2.45, 2.75) is 40.0 Å². The summed E-state index contributed by atoms with van der Waals surface area (Å²) in [6, 6.07) is 0. The fraction of sp³-hybridized carbons (Fsp3) is 0.500. The van der Waals surface area contributed by atoms with Crippen molar-refractivity contribution in [3.63, 3.8) is 0 Å². The Labute approximate surface area is 132 Å². The highest BCUT2D eigenvalue weighted by atomic mass is 32.1. The quantitative estimate of drug-likeness (QED) is 0.828. The summed E-state index contributed by atoms with van der Waals surface area (Å²) in [5, 5.41) is 6.91. The molecule has 0 aliphatic carbocycles. The van der Waals surface area contributed by atoms with Crippen molar-refractivity contribution in [3.05, 3.63) is 31.5 Å². The summed E-state index contributed by atoms with van der Waals surface area (Å²) in [7, 11) is 0. The molecule has 7 heteroatoms. The van der Waals surface area contributed by atoms with Crippen LogP contribution in [0.4, 0.5) is 0 Å². The number of thiazole rings is 1. The van der Waals surface area contributed by atoms with E-state index in [9.17, 15) is 4.79 Å². The average Bonchev–Trinajstić information content (AvgIpc) is 2.89. The molecule has 0 saturated heterocycles. The first kappa shape index (κ1) is 15.9. The summed E-state index contributed by atoms with van der Waals surface area (Å²) in [6.07, 6.45) is 0.359. The SMILES string of the molecule is Cc1noc(C)c1C(C)CNC(=O)Cc1sc(=S)[nH]c1C. The highest BCUT2D eigenvalue weighted by Crippen LogP contribution is 2.22. The molecule has 2 N–H and O–H groups in total. The molecule has 0 aromatic carbocycles. The Hall–Kier alpha value is -1.47. The Morgan fingerprint density at radius 3 is 2.71 bits per heavy atom. The van der Waals surface area contributed by atoms with Gasteiger partial charge < -0.3 is 14.8 Å². The van der Waals surface area contributed by atoms with Gasteiger partial charge in [0.1, 0.15) is 5.76 Å². The Morgan fingerprint density at radius 2 is 2.19 bits per heavy atom. The smallest absolute Gasteiger partial charge is 0.225 e. The summed E-state index contributed by atoms with van der Waals surface area (Å²) in [5.74, 6) is 0.987. The highest BCUT2D eigenvalue weighted by Gasteiger charge is 2.17. The first-order valence-electron chi connectivity index (χ1n) is 6.76. The van der Waals surface area contributed by atoms with E-state index in [2.05, 4.69) is 22.4 Å². The molecule has 5 nitrogen and oxygen atoms in total. The van der Waals surface area contributed by atoms with Crippen LogP contribution in [0.2, 0.25) is 0 Å². The second kappa shape index (κ2) is 6.53. The Morgan fingerprint density at radius 1 is 1.48 bits per heavy atom. The Balaban J connectivity index is 1.92. The van der Waals surface area contributed by atoms with Gasteiger partial charge in [-0.3, -0.25) is 4.79 Å². The van der Waals surface area contributed by atoms with Crippen molar-refractivity contribution in [2.75, 3.05) is 6.54 Å². The molecular formula is C14H19N3O2S2. The van der Waals surface area contributed by atoms with Crippen molar-refractivity contribution in [1.82, 2.24) is 15.5 Å². The molecule has 114 valence electrons. The van der Waals surface area contributed by atoms with E-state index in [0.717, 1.165) is 27.6 Å². The van der Waals surface area contributed by atoms with Crippen LogP contribution in [0, 0.1) is 24.7 Å². The van der Waals surface area contributed by atoms with Crippen LogP contribution in [0.25, 0.3) is 0 Å². The number of aryl methyl sites for hydroxylation is 3. The molecule has 0 radical (unpaired) electrons. The number of rotatable bonds is 5. The average molecular weight is 325 g/mol. The zero-order valence-corrected chi connectivity index (χ0v) is 14.2. The summed E-state index contributed by atoms with van der Waals surface area (Å²) in [4.78, 5) is 16.1. The van der Waals surface area contributed by atoms with Crippen LogP contribution < -0.4 is 5.32 Å². The third kappa shape index (κ3) is 3.79. The largest absolute Gasteiger partial charge is 0.361 e. The fourth-order valence-corrected chi connectivity index (χ4v) is 3.67. The molecule has 1 amide bonds. The van der Waals surface area contributed by atoms with Gasteiger partial charge in [-0.05, 0) is 33.0 Å². The van der Waals surface area contributed by atoms with Crippen molar-refractivity contribution in [3.8, 4) is 0 Å². The van der Waals surface area contributed by atoms with Gasteiger partial charge in [0, 0.05) is 28.6 Å². The fourth-order valence-electron chi connectivity index (χ4n) is 2.38. The van der Waals surface area contributed by atoms with Gasteiger partial charge in [-0.1, -0.05) is 12.1 Å². The van der Waals surface area contributed by atoms with Crippen LogP contribution in [0.3, 0.4) is 0 Å². The topological polar surface area (TPSA) is 70.9 Å². The summed E-state index contributed by atoms with van der Waals surface area (Å²) in [6.45, 7) is 8.36. The number of hydrogen-bond acceptors (Lipinski definition) is 5. The van der Waals surface area contributed by atoms with Crippen LogP contribution >= 0.6 is 23.6 Å². The van der Waals surface area contributed by atoms with Gasteiger partial charge in [0.15, 0.2) is 3.95 Å². The molecule has 0 aliphatic heterocycles. The molecule has 2 aromatic heterocycles. The van der Waals surface area contributed by atoms with Gasteiger partial charge in [-0.2, -0.15) is 0 Å². The minimum atomic E-state index is 0.00182. The van der Waals surface area contributed by atoms with Gasteiger partial charge in [0.2, 0.25) is 5.91 Å². The number of hydrogen-bond donors (Lipinski definition) is 2. The van der Waals surface area contributed by atoms with E-state index in [1.807, 2.05) is 20.8 Å². The lowest BCUT2D eigenvalue weighted by Crippen LogP contribution is -2.29. The second-order valence-corrected chi connectivity index (χ2v) is 6.95.